The van der Waals surface area contributed by atoms with Gasteiger partial charge in [-0.25, -0.2) is 0 Å². The highest BCUT2D eigenvalue weighted by Crippen LogP contribution is 2.13. The molecule has 2 aromatic rings. The van der Waals surface area contributed by atoms with Crippen molar-refractivity contribution in [3.8, 4) is 0 Å². The van der Waals surface area contributed by atoms with Gasteiger partial charge in [0.15, 0.2) is 10.4 Å². The van der Waals surface area contributed by atoms with Crippen LogP contribution in [-0.2, 0) is 6.42 Å². The molecule has 1 aromatic heterocycles. The molecule has 1 aromatic carbocycles. The summed E-state index contributed by atoms with van der Waals surface area (Å²) in [6.45, 7) is 0.187. The molecule has 0 spiro atoms. The maximum absolute atomic E-state index is 11.7. The third-order valence-corrected chi connectivity index (χ3v) is 3.04. The van der Waals surface area contributed by atoms with Gasteiger partial charge in [0.25, 0.3) is 5.91 Å². The first-order valence-electron chi connectivity index (χ1n) is 5.90. The number of benzene rings is 1. The van der Waals surface area contributed by atoms with Crippen LogP contribution in [0.1, 0.15) is 16.1 Å². The van der Waals surface area contributed by atoms with E-state index >= 15 is 0 Å². The summed E-state index contributed by atoms with van der Waals surface area (Å²) in [5.74, 6) is -0.114. The molecule has 1 heterocycles. The maximum atomic E-state index is 11.7. The first kappa shape index (κ1) is 13.8. The Kier molecular flexibility index (Phi) is 4.76. The molecule has 2 rings (SSSR count). The molecule has 19 heavy (non-hydrogen) atoms. The van der Waals surface area contributed by atoms with Crippen LogP contribution in [0.15, 0.2) is 51.6 Å². The molecule has 0 aliphatic carbocycles. The van der Waals surface area contributed by atoms with E-state index in [1.807, 2.05) is 30.3 Å². The van der Waals surface area contributed by atoms with E-state index in [-0.39, 0.29) is 18.2 Å². The van der Waals surface area contributed by atoms with E-state index in [9.17, 15) is 9.90 Å². The smallest absolute Gasteiger partial charge is 0.287 e. The van der Waals surface area contributed by atoms with Crippen molar-refractivity contribution < 1.29 is 14.3 Å². The van der Waals surface area contributed by atoms with Crippen molar-refractivity contribution in [1.29, 1.82) is 0 Å². The SMILES string of the molecule is O=C(NCC(O)Cc1ccccc1)c1ccc(Br)o1. The van der Waals surface area contributed by atoms with Gasteiger partial charge in [-0.1, -0.05) is 30.3 Å². The molecule has 100 valence electrons. The van der Waals surface area contributed by atoms with Gasteiger partial charge in [-0.3, -0.25) is 4.79 Å². The van der Waals surface area contributed by atoms with Crippen LogP contribution in [0.3, 0.4) is 0 Å². The van der Waals surface area contributed by atoms with Crippen LogP contribution in [0.25, 0.3) is 0 Å². The quantitative estimate of drug-likeness (QED) is 0.888. The van der Waals surface area contributed by atoms with Crippen molar-refractivity contribution in [3.63, 3.8) is 0 Å². The third kappa shape index (κ3) is 4.22. The minimum atomic E-state index is -0.621. The molecule has 5 heteroatoms. The summed E-state index contributed by atoms with van der Waals surface area (Å²) in [4.78, 5) is 11.7. The van der Waals surface area contributed by atoms with Crippen molar-refractivity contribution in [3.05, 3.63) is 58.5 Å². The Hall–Kier alpha value is -1.59. The summed E-state index contributed by atoms with van der Waals surface area (Å²) in [6, 6.07) is 12.9. The first-order valence-corrected chi connectivity index (χ1v) is 6.70. The summed E-state index contributed by atoms with van der Waals surface area (Å²) in [5, 5.41) is 12.5. The van der Waals surface area contributed by atoms with Crippen LogP contribution in [0.2, 0.25) is 0 Å². The number of amides is 1. The Bertz CT molecular complexity index is 539. The Morgan fingerprint density at radius 2 is 2.00 bits per heavy atom. The van der Waals surface area contributed by atoms with E-state index in [2.05, 4.69) is 21.2 Å². The second-order valence-corrected chi connectivity index (χ2v) is 4.94. The fraction of sp³-hybridized carbons (Fsp3) is 0.214. The fourth-order valence-electron chi connectivity index (χ4n) is 1.69. The summed E-state index contributed by atoms with van der Waals surface area (Å²) in [7, 11) is 0. The number of hydrogen-bond donors (Lipinski definition) is 2. The van der Waals surface area contributed by atoms with Crippen molar-refractivity contribution in [2.24, 2.45) is 0 Å². The number of aliphatic hydroxyl groups excluding tert-OH is 1. The minimum absolute atomic E-state index is 0.187. The molecule has 0 aliphatic rings. The van der Waals surface area contributed by atoms with E-state index < -0.39 is 6.10 Å². The van der Waals surface area contributed by atoms with Crippen LogP contribution in [0.5, 0.6) is 0 Å². The molecule has 1 unspecified atom stereocenters. The molecule has 0 saturated heterocycles. The zero-order valence-corrected chi connectivity index (χ0v) is 11.8. The van der Waals surface area contributed by atoms with Gasteiger partial charge < -0.3 is 14.8 Å². The zero-order valence-electron chi connectivity index (χ0n) is 10.2. The summed E-state index contributed by atoms with van der Waals surface area (Å²) in [5.41, 5.74) is 1.03. The highest BCUT2D eigenvalue weighted by Gasteiger charge is 2.12. The van der Waals surface area contributed by atoms with Gasteiger partial charge in [0.1, 0.15) is 0 Å². The number of aliphatic hydroxyl groups is 1. The van der Waals surface area contributed by atoms with Crippen molar-refractivity contribution in [1.82, 2.24) is 5.32 Å². The number of halogens is 1. The van der Waals surface area contributed by atoms with E-state index in [1.54, 1.807) is 12.1 Å². The number of carbonyl (C=O) groups excluding carboxylic acids is 1. The highest BCUT2D eigenvalue weighted by atomic mass is 79.9. The molecular formula is C14H14BrNO3. The van der Waals surface area contributed by atoms with E-state index in [4.69, 9.17) is 4.42 Å². The second kappa shape index (κ2) is 6.54. The molecule has 4 nitrogen and oxygen atoms in total. The highest BCUT2D eigenvalue weighted by molar-refractivity contribution is 9.10. The van der Waals surface area contributed by atoms with Gasteiger partial charge >= 0.3 is 0 Å². The molecule has 0 bridgehead atoms. The van der Waals surface area contributed by atoms with Crippen molar-refractivity contribution in [2.45, 2.75) is 12.5 Å². The molecule has 1 amide bonds. The normalized spacial score (nSPS) is 12.1. The Morgan fingerprint density at radius 1 is 1.26 bits per heavy atom. The molecule has 0 fully saturated rings. The largest absolute Gasteiger partial charge is 0.444 e. The van der Waals surface area contributed by atoms with Crippen molar-refractivity contribution >= 4 is 21.8 Å². The number of hydrogen-bond acceptors (Lipinski definition) is 3. The first-order chi connectivity index (χ1) is 9.15. The second-order valence-electron chi connectivity index (χ2n) is 4.16. The molecular weight excluding hydrogens is 310 g/mol. The number of nitrogens with one attached hydrogen (secondary N) is 1. The summed E-state index contributed by atoms with van der Waals surface area (Å²) < 4.78 is 5.62. The van der Waals surface area contributed by atoms with Gasteiger partial charge in [0, 0.05) is 13.0 Å². The Balaban J connectivity index is 1.80. The zero-order chi connectivity index (χ0) is 13.7. The van der Waals surface area contributed by atoms with Gasteiger partial charge in [0.2, 0.25) is 0 Å². The lowest BCUT2D eigenvalue weighted by Crippen LogP contribution is -2.33. The van der Waals surface area contributed by atoms with Crippen LogP contribution in [0, 0.1) is 0 Å². The van der Waals surface area contributed by atoms with E-state index in [0.717, 1.165) is 5.56 Å². The third-order valence-electron chi connectivity index (χ3n) is 2.61. The number of furan rings is 1. The predicted octanol–water partition coefficient (Wildman–Crippen LogP) is 2.38. The summed E-state index contributed by atoms with van der Waals surface area (Å²) in [6.07, 6.45) is -0.118. The topological polar surface area (TPSA) is 62.5 Å². The fourth-order valence-corrected chi connectivity index (χ4v) is 2.00. The lowest BCUT2D eigenvalue weighted by atomic mass is 10.1. The summed E-state index contributed by atoms with van der Waals surface area (Å²) >= 11 is 3.13. The Labute approximate surface area is 119 Å². The molecule has 1 atom stereocenters. The van der Waals surface area contributed by atoms with E-state index in [0.29, 0.717) is 11.1 Å². The maximum Gasteiger partial charge on any atom is 0.287 e. The van der Waals surface area contributed by atoms with Crippen molar-refractivity contribution in [2.75, 3.05) is 6.54 Å². The van der Waals surface area contributed by atoms with Gasteiger partial charge in [-0.15, -0.1) is 0 Å². The lowest BCUT2D eigenvalue weighted by Gasteiger charge is -2.11. The standard InChI is InChI=1S/C14H14BrNO3/c15-13-7-6-12(19-13)14(18)16-9-11(17)8-10-4-2-1-3-5-10/h1-7,11,17H,8-9H2,(H,16,18). The van der Waals surface area contributed by atoms with Gasteiger partial charge in [-0.05, 0) is 33.6 Å². The average Bonchev–Trinajstić information content (AvgIpc) is 2.84. The van der Waals surface area contributed by atoms with Gasteiger partial charge in [-0.2, -0.15) is 0 Å². The average molecular weight is 324 g/mol. The van der Waals surface area contributed by atoms with Crippen LogP contribution < -0.4 is 5.32 Å². The number of carbonyl (C=O) groups is 1. The molecule has 0 aliphatic heterocycles. The Morgan fingerprint density at radius 3 is 2.63 bits per heavy atom. The monoisotopic (exact) mass is 323 g/mol. The minimum Gasteiger partial charge on any atom is -0.444 e. The molecule has 0 radical (unpaired) electrons. The molecule has 0 saturated carbocycles. The van der Waals surface area contributed by atoms with Crippen LogP contribution in [0.4, 0.5) is 0 Å². The lowest BCUT2D eigenvalue weighted by molar-refractivity contribution is 0.0887. The van der Waals surface area contributed by atoms with Crippen LogP contribution >= 0.6 is 15.9 Å². The van der Waals surface area contributed by atoms with E-state index in [1.165, 1.54) is 0 Å². The molecule has 2 N–H and O–H groups in total. The van der Waals surface area contributed by atoms with Crippen LogP contribution in [-0.4, -0.2) is 23.7 Å². The predicted molar refractivity (Wildman–Crippen MR) is 74.9 cm³/mol. The number of rotatable bonds is 5. The van der Waals surface area contributed by atoms with Gasteiger partial charge in [0.05, 0.1) is 6.10 Å².